The van der Waals surface area contributed by atoms with Gasteiger partial charge in [0.25, 0.3) is 0 Å². The van der Waals surface area contributed by atoms with E-state index in [9.17, 15) is 5.48 Å². The van der Waals surface area contributed by atoms with Gasteiger partial charge in [0.1, 0.15) is 11.2 Å². The molecule has 69 heavy (non-hydrogen) atoms. The van der Waals surface area contributed by atoms with Gasteiger partial charge in [-0.3, -0.25) is 0 Å². The Morgan fingerprint density at radius 3 is 1.65 bits per heavy atom. The second-order valence-electron chi connectivity index (χ2n) is 19.2. The van der Waals surface area contributed by atoms with Gasteiger partial charge in [-0.2, -0.15) is 0 Å². The van der Waals surface area contributed by atoms with Crippen LogP contribution in [0.5, 0.6) is 0 Å². The Morgan fingerprint density at radius 2 is 1.09 bits per heavy atom. The van der Waals surface area contributed by atoms with E-state index in [1.807, 2.05) is 129 Å². The summed E-state index contributed by atoms with van der Waals surface area (Å²) in [5, 5.41) is 2.05. The molecule has 0 radical (unpaired) electrons. The van der Waals surface area contributed by atoms with Crippen LogP contribution in [0, 0.1) is 18.2 Å². The van der Waals surface area contributed by atoms with Gasteiger partial charge in [0, 0.05) is 36.2 Å². The predicted octanol–water partition coefficient (Wildman–Crippen LogP) is 15.8. The van der Waals surface area contributed by atoms with E-state index in [0.29, 0.717) is 24.1 Å². The summed E-state index contributed by atoms with van der Waals surface area (Å²) < 4.78 is 53.9. The molecule has 10 rings (SSSR count). The molecule has 0 aliphatic heterocycles. The fourth-order valence-corrected chi connectivity index (χ4v) is 9.26. The van der Waals surface area contributed by atoms with Gasteiger partial charge in [-0.25, -0.2) is 0 Å². The molecule has 0 fully saturated rings. The van der Waals surface area contributed by atoms with Crippen LogP contribution in [0.3, 0.4) is 0 Å². The van der Waals surface area contributed by atoms with E-state index < -0.39 is 18.6 Å². The number of hydrogen-bond acceptors (Lipinski definition) is 4. The maximum absolute atomic E-state index is 9.74. The molecule has 0 spiro atoms. The number of hydrogen-bond donors (Lipinski definition) is 0. The van der Waals surface area contributed by atoms with Gasteiger partial charge in [0.05, 0.1) is 0 Å². The number of aromatic nitrogens is 3. The molecule has 6 aromatic carbocycles. The SMILES string of the molecule is [2H]C(C)(C)c1cnc(-c2[c-]cc(C([2H])([2H])C([2H])([2H])c3cc(CC(C)(C)c4c[c-]c(-c5ccccn5)cc4)cc(CC(C)(C)c4c[c-]c(-c5ccccn5)cc4)c3)cc2)cc1-c1ccc2c(c1)oc1ccccc12.[Ir+3]. The minimum absolute atomic E-state index is 0. The number of rotatable bonds is 14. The first-order chi connectivity index (χ1) is 34.8. The average molecular weight is 1080 g/mol. The Hall–Kier alpha value is -6.78. The van der Waals surface area contributed by atoms with Crippen LogP contribution >= 0.6 is 0 Å². The largest absolute Gasteiger partial charge is 3.00 e. The minimum atomic E-state index is -2.48. The zero-order chi connectivity index (χ0) is 51.3. The second kappa shape index (κ2) is 20.1. The van der Waals surface area contributed by atoms with Gasteiger partial charge in [0.2, 0.25) is 0 Å². The fourth-order valence-electron chi connectivity index (χ4n) is 9.26. The Bertz CT molecular complexity index is 3470. The van der Waals surface area contributed by atoms with E-state index in [1.54, 1.807) is 36.8 Å². The van der Waals surface area contributed by atoms with E-state index in [1.165, 1.54) is 0 Å². The van der Waals surface area contributed by atoms with Crippen molar-refractivity contribution < 1.29 is 31.4 Å². The summed E-state index contributed by atoms with van der Waals surface area (Å²) in [7, 11) is 0. The van der Waals surface area contributed by atoms with Crippen molar-refractivity contribution in [2.75, 3.05) is 0 Å². The van der Waals surface area contributed by atoms with Gasteiger partial charge in [-0.05, 0) is 117 Å². The third kappa shape index (κ3) is 10.5. The van der Waals surface area contributed by atoms with Gasteiger partial charge in [-0.1, -0.05) is 121 Å². The molecular formula is C64H56IrN3O. The van der Waals surface area contributed by atoms with Crippen LogP contribution in [-0.4, -0.2) is 15.0 Å². The molecule has 342 valence electrons. The molecule has 0 bridgehead atoms. The van der Waals surface area contributed by atoms with Crippen LogP contribution in [0.4, 0.5) is 0 Å². The van der Waals surface area contributed by atoms with Gasteiger partial charge in [-0.15, -0.1) is 106 Å². The van der Waals surface area contributed by atoms with Gasteiger partial charge in [0.15, 0.2) is 0 Å². The van der Waals surface area contributed by atoms with Crippen LogP contribution in [0.2, 0.25) is 0 Å². The van der Waals surface area contributed by atoms with Crippen LogP contribution in [0.1, 0.15) is 93.2 Å². The molecule has 4 aromatic heterocycles. The van der Waals surface area contributed by atoms with Crippen molar-refractivity contribution in [3.63, 3.8) is 0 Å². The average Bonchev–Trinajstić information content (AvgIpc) is 3.76. The van der Waals surface area contributed by atoms with E-state index in [4.69, 9.17) is 10.8 Å². The zero-order valence-corrected chi connectivity index (χ0v) is 42.1. The second-order valence-corrected chi connectivity index (χ2v) is 19.2. The molecule has 4 heterocycles. The maximum Gasteiger partial charge on any atom is 3.00 e. The standard InChI is InChI=1S/C64H56N3O.Ir/c1-43(2)57-42-67-60(39-56(57)51-27-32-55-54-13-7-8-16-61(54)68-62(55)38-51)50-21-19-44(20-22-50)17-18-45-35-46(40-63(3,4)52-28-23-48(24-29-52)58-14-9-11-33-65-58)37-47(36-45)41-64(5,6)53-30-25-49(26-31-53)59-15-10-12-34-66-59;/h7-16,19-21,23,25,27-39,42-43H,17-18,40-41H2,1-6H3;/q-3;+3/i17D2,18D2,43D;. The first kappa shape index (κ1) is 41.2. The van der Waals surface area contributed by atoms with Crippen molar-refractivity contribution >= 4 is 21.9 Å². The molecule has 0 amide bonds. The molecule has 0 atom stereocenters. The van der Waals surface area contributed by atoms with Gasteiger partial charge >= 0.3 is 20.1 Å². The minimum Gasteiger partial charge on any atom is -0.456 e. The van der Waals surface area contributed by atoms with Crippen LogP contribution < -0.4 is 0 Å². The Balaban J connectivity index is 0.00000672. The number of pyridine rings is 3. The normalized spacial score (nSPS) is 13.5. The number of aryl methyl sites for hydroxylation is 2. The van der Waals surface area contributed by atoms with Crippen molar-refractivity contribution in [1.29, 1.82) is 0 Å². The molecule has 5 heteroatoms. The molecule has 0 N–H and O–H groups in total. The number of para-hydroxylation sites is 1. The maximum atomic E-state index is 9.74. The Labute approximate surface area is 428 Å². The smallest absolute Gasteiger partial charge is 0.456 e. The summed E-state index contributed by atoms with van der Waals surface area (Å²) >= 11 is 0. The third-order valence-corrected chi connectivity index (χ3v) is 13.0. The predicted molar refractivity (Wildman–Crippen MR) is 280 cm³/mol. The first-order valence-electron chi connectivity index (χ1n) is 25.7. The Morgan fingerprint density at radius 1 is 0.536 bits per heavy atom. The van der Waals surface area contributed by atoms with E-state index in [-0.39, 0.29) is 42.1 Å². The van der Waals surface area contributed by atoms with Crippen LogP contribution in [0.15, 0.2) is 181 Å². The summed E-state index contributed by atoms with van der Waals surface area (Å²) in [6, 6.07) is 60.9. The summed E-state index contributed by atoms with van der Waals surface area (Å²) in [4.78, 5) is 13.8. The van der Waals surface area contributed by atoms with Crippen molar-refractivity contribution in [3.8, 4) is 44.9 Å². The van der Waals surface area contributed by atoms with Crippen molar-refractivity contribution in [1.82, 2.24) is 15.0 Å². The van der Waals surface area contributed by atoms with Crippen molar-refractivity contribution in [3.05, 3.63) is 233 Å². The summed E-state index contributed by atoms with van der Waals surface area (Å²) in [6.07, 6.45) is 1.47. The van der Waals surface area contributed by atoms with E-state index >= 15 is 0 Å². The monoisotopic (exact) mass is 1080 g/mol. The number of nitrogens with zero attached hydrogens (tertiary/aromatic N) is 3. The van der Waals surface area contributed by atoms with Crippen LogP contribution in [-0.2, 0) is 56.5 Å². The molecule has 0 unspecified atom stereocenters. The van der Waals surface area contributed by atoms with Crippen molar-refractivity contribution in [2.24, 2.45) is 0 Å². The van der Waals surface area contributed by atoms with Crippen molar-refractivity contribution in [2.45, 2.75) is 83.9 Å². The zero-order valence-electron chi connectivity index (χ0n) is 44.7. The molecule has 4 nitrogen and oxygen atoms in total. The molecule has 0 aliphatic rings. The fraction of sp³-hybridized carbons (Fsp3) is 0.203. The topological polar surface area (TPSA) is 51.8 Å². The number of fused-ring (bicyclic) bond motifs is 3. The van der Waals surface area contributed by atoms with Gasteiger partial charge < -0.3 is 19.4 Å². The molecule has 0 saturated carbocycles. The summed E-state index contributed by atoms with van der Waals surface area (Å²) in [6.45, 7) is 12.4. The third-order valence-electron chi connectivity index (χ3n) is 13.0. The summed E-state index contributed by atoms with van der Waals surface area (Å²) in [5.74, 6) is -0.961. The molecule has 10 aromatic rings. The van der Waals surface area contributed by atoms with E-state index in [0.717, 1.165) is 83.4 Å². The molecular weight excluding hydrogens is 1020 g/mol. The molecule has 0 aliphatic carbocycles. The van der Waals surface area contributed by atoms with E-state index in [2.05, 4.69) is 80.1 Å². The number of benzene rings is 6. The van der Waals surface area contributed by atoms with Crippen LogP contribution in [0.25, 0.3) is 66.8 Å². The number of furan rings is 1. The quantitative estimate of drug-likeness (QED) is 0.102. The summed E-state index contributed by atoms with van der Waals surface area (Å²) in [5.41, 5.74) is 12.3. The molecule has 0 saturated heterocycles. The first-order valence-corrected chi connectivity index (χ1v) is 23.2. The Kier molecular flexibility index (Phi) is 12.0.